The molecule has 0 saturated heterocycles. The summed E-state index contributed by atoms with van der Waals surface area (Å²) in [4.78, 5) is 0. The molecule has 2 atom stereocenters. The molecule has 0 spiro atoms. The number of rotatable bonds is 3. The van der Waals surface area contributed by atoms with Crippen molar-refractivity contribution in [2.75, 3.05) is 0 Å². The van der Waals surface area contributed by atoms with Crippen LogP contribution in [-0.2, 0) is 4.57 Å². The first-order chi connectivity index (χ1) is 3.72. The van der Waals surface area contributed by atoms with Crippen molar-refractivity contribution in [2.45, 2.75) is 32.9 Å². The highest BCUT2D eigenvalue weighted by Gasteiger charge is 2.07. The van der Waals surface area contributed by atoms with E-state index >= 15 is 0 Å². The van der Waals surface area contributed by atoms with Crippen LogP contribution >= 0.6 is 8.46 Å². The molecule has 8 heavy (non-hydrogen) atoms. The summed E-state index contributed by atoms with van der Waals surface area (Å²) in [6.07, 6.45) is 1.12. The molecule has 0 bridgehead atoms. The fourth-order valence-corrected chi connectivity index (χ4v) is 0.864. The van der Waals surface area contributed by atoms with E-state index in [9.17, 15) is 4.57 Å². The highest BCUT2D eigenvalue weighted by atomic mass is 31.1. The molecule has 0 saturated carbocycles. The summed E-state index contributed by atoms with van der Waals surface area (Å²) in [6.45, 7) is 6.24. The van der Waals surface area contributed by atoms with Crippen LogP contribution in [0.4, 0.5) is 0 Å². The summed E-state index contributed by atoms with van der Waals surface area (Å²) in [5.41, 5.74) is 0.333. The largest absolute Gasteiger partial charge is 0.275 e. The lowest BCUT2D eigenvalue weighted by molar-refractivity contribution is 0.528. The van der Waals surface area contributed by atoms with Gasteiger partial charge in [-0.1, -0.05) is 27.2 Å². The van der Waals surface area contributed by atoms with Crippen LogP contribution in [0.2, 0.25) is 0 Å². The molecule has 0 amide bonds. The average molecular weight is 132 g/mol. The minimum absolute atomic E-state index is 0.288. The predicted molar refractivity (Wildman–Crippen MR) is 36.5 cm³/mol. The predicted octanol–water partition coefficient (Wildman–Crippen LogP) is 2.71. The smallest absolute Gasteiger partial charge is 0.158 e. The Bertz CT molecular complexity index is 72.9. The van der Waals surface area contributed by atoms with Crippen LogP contribution < -0.4 is 0 Å². The first-order valence-electron chi connectivity index (χ1n) is 3.04. The molecule has 0 aromatic rings. The van der Waals surface area contributed by atoms with Gasteiger partial charge in [0.1, 0.15) is 0 Å². The summed E-state index contributed by atoms with van der Waals surface area (Å²) in [6, 6.07) is 0. The fourth-order valence-electron chi connectivity index (χ4n) is 0.445. The van der Waals surface area contributed by atoms with Crippen molar-refractivity contribution in [3.63, 3.8) is 0 Å². The zero-order valence-electron chi connectivity index (χ0n) is 5.72. The maximum atomic E-state index is 10.2. The van der Waals surface area contributed by atoms with Crippen LogP contribution in [0.15, 0.2) is 0 Å². The van der Waals surface area contributed by atoms with Gasteiger partial charge in [0.2, 0.25) is 0 Å². The van der Waals surface area contributed by atoms with Crippen LogP contribution in [0.5, 0.6) is 0 Å². The molecule has 2 unspecified atom stereocenters. The normalized spacial score (nSPS) is 18.4. The third-order valence-corrected chi connectivity index (χ3v) is 2.48. The van der Waals surface area contributed by atoms with Gasteiger partial charge in [0.25, 0.3) is 0 Å². The van der Waals surface area contributed by atoms with Gasteiger partial charge in [0.05, 0.1) is 0 Å². The maximum Gasteiger partial charge on any atom is 0.158 e. The second-order valence-electron chi connectivity index (χ2n) is 2.23. The standard InChI is InChI=1S/C6H13OP/c1-4-5(2)6(3)8-7/h5-6H,4H2,1-3H3. The Kier molecular flexibility index (Phi) is 4.08. The highest BCUT2D eigenvalue weighted by Crippen LogP contribution is 2.18. The van der Waals surface area contributed by atoms with Gasteiger partial charge in [0.15, 0.2) is 8.46 Å². The Morgan fingerprint density at radius 3 is 2.12 bits per heavy atom. The first-order valence-corrected chi connectivity index (χ1v) is 3.93. The zero-order valence-corrected chi connectivity index (χ0v) is 6.61. The topological polar surface area (TPSA) is 17.1 Å². The van der Waals surface area contributed by atoms with E-state index in [0.29, 0.717) is 11.6 Å². The van der Waals surface area contributed by atoms with Crippen molar-refractivity contribution < 1.29 is 4.57 Å². The lowest BCUT2D eigenvalue weighted by atomic mass is 10.1. The van der Waals surface area contributed by atoms with E-state index in [1.54, 1.807) is 0 Å². The molecule has 1 nitrogen and oxygen atoms in total. The van der Waals surface area contributed by atoms with Crippen molar-refractivity contribution >= 4 is 8.46 Å². The molecular weight excluding hydrogens is 119 g/mol. The Labute approximate surface area is 52.7 Å². The zero-order chi connectivity index (χ0) is 6.57. The van der Waals surface area contributed by atoms with Crippen molar-refractivity contribution in [1.82, 2.24) is 0 Å². The van der Waals surface area contributed by atoms with Gasteiger partial charge in [-0.2, -0.15) is 0 Å². The molecule has 0 radical (unpaired) electrons. The van der Waals surface area contributed by atoms with Gasteiger partial charge < -0.3 is 0 Å². The average Bonchev–Trinajstić information content (AvgIpc) is 1.84. The van der Waals surface area contributed by atoms with Crippen LogP contribution in [0.25, 0.3) is 0 Å². The molecule has 0 heterocycles. The quantitative estimate of drug-likeness (QED) is 0.539. The van der Waals surface area contributed by atoms with E-state index < -0.39 is 0 Å². The summed E-state index contributed by atoms with van der Waals surface area (Å²) in [5, 5.41) is 0. The summed E-state index contributed by atoms with van der Waals surface area (Å²) < 4.78 is 10.2. The minimum atomic E-state index is 0.288. The van der Waals surface area contributed by atoms with Crippen molar-refractivity contribution in [1.29, 1.82) is 0 Å². The van der Waals surface area contributed by atoms with Gasteiger partial charge in [-0.25, -0.2) is 0 Å². The number of hydrogen-bond acceptors (Lipinski definition) is 1. The lowest BCUT2D eigenvalue weighted by Crippen LogP contribution is -2.04. The molecule has 0 aliphatic carbocycles. The molecular formula is C6H13OP. The molecule has 0 fully saturated rings. The van der Waals surface area contributed by atoms with Crippen LogP contribution in [0.3, 0.4) is 0 Å². The molecule has 2 heteroatoms. The summed E-state index contributed by atoms with van der Waals surface area (Å²) in [5.74, 6) is 0.592. The van der Waals surface area contributed by atoms with E-state index in [-0.39, 0.29) is 8.46 Å². The van der Waals surface area contributed by atoms with E-state index in [2.05, 4.69) is 13.8 Å². The monoisotopic (exact) mass is 132 g/mol. The third-order valence-electron chi connectivity index (χ3n) is 1.63. The minimum Gasteiger partial charge on any atom is -0.275 e. The van der Waals surface area contributed by atoms with Crippen molar-refractivity contribution in [3.05, 3.63) is 0 Å². The fraction of sp³-hybridized carbons (Fsp3) is 1.00. The van der Waals surface area contributed by atoms with Crippen LogP contribution in [0, 0.1) is 5.92 Å². The van der Waals surface area contributed by atoms with Crippen molar-refractivity contribution in [3.8, 4) is 0 Å². The molecule has 0 aliphatic rings. The molecule has 48 valence electrons. The first kappa shape index (κ1) is 8.10. The van der Waals surface area contributed by atoms with Gasteiger partial charge in [-0.3, -0.25) is 4.57 Å². The van der Waals surface area contributed by atoms with E-state index in [4.69, 9.17) is 0 Å². The molecule has 0 rings (SSSR count). The van der Waals surface area contributed by atoms with E-state index in [1.807, 2.05) is 6.92 Å². The maximum absolute atomic E-state index is 10.2. The highest BCUT2D eigenvalue weighted by molar-refractivity contribution is 7.24. The van der Waals surface area contributed by atoms with Crippen LogP contribution in [-0.4, -0.2) is 5.66 Å². The second kappa shape index (κ2) is 4.03. The Morgan fingerprint density at radius 1 is 1.50 bits per heavy atom. The van der Waals surface area contributed by atoms with E-state index in [0.717, 1.165) is 6.42 Å². The summed E-state index contributed by atoms with van der Waals surface area (Å²) >= 11 is 0. The van der Waals surface area contributed by atoms with E-state index in [1.165, 1.54) is 0 Å². The Morgan fingerprint density at radius 2 is 2.00 bits per heavy atom. The Balaban J connectivity index is 3.44. The number of hydrogen-bond donors (Lipinski definition) is 0. The van der Waals surface area contributed by atoms with Gasteiger partial charge >= 0.3 is 0 Å². The van der Waals surface area contributed by atoms with Crippen LogP contribution in [0.1, 0.15) is 27.2 Å². The van der Waals surface area contributed by atoms with Gasteiger partial charge in [-0.05, 0) is 5.92 Å². The van der Waals surface area contributed by atoms with Gasteiger partial charge in [0, 0.05) is 5.66 Å². The molecule has 0 aromatic carbocycles. The van der Waals surface area contributed by atoms with Crippen molar-refractivity contribution in [2.24, 2.45) is 5.92 Å². The summed E-state index contributed by atoms with van der Waals surface area (Å²) in [7, 11) is 0.288. The lowest BCUT2D eigenvalue weighted by Gasteiger charge is -2.08. The second-order valence-corrected chi connectivity index (χ2v) is 3.26. The third kappa shape index (κ3) is 2.42. The molecule has 0 N–H and O–H groups in total. The molecule has 0 aromatic heterocycles. The molecule has 0 aliphatic heterocycles. The Hall–Kier alpha value is 0.100. The van der Waals surface area contributed by atoms with Gasteiger partial charge in [-0.15, -0.1) is 0 Å². The SMILES string of the molecule is CCC(C)C(C)P=O.